The van der Waals surface area contributed by atoms with Crippen LogP contribution in [0.15, 0.2) is 0 Å². The Morgan fingerprint density at radius 1 is 0.833 bits per heavy atom. The molecule has 5 atom stereocenters. The second-order valence-electron chi connectivity index (χ2n) is 5.18. The number of rotatable bonds is 5. The molecule has 0 bridgehead atoms. The van der Waals surface area contributed by atoms with Crippen molar-refractivity contribution in [3.63, 3.8) is 0 Å². The highest BCUT2D eigenvalue weighted by Crippen LogP contribution is 2.26. The number of esters is 4. The molecule has 1 unspecified atom stereocenters. The smallest absolute Gasteiger partial charge is 0.304 e. The Labute approximate surface area is 138 Å². The molecule has 1 heterocycles. The summed E-state index contributed by atoms with van der Waals surface area (Å²) in [6.07, 6.45) is -4.58. The van der Waals surface area contributed by atoms with Crippen molar-refractivity contribution >= 4 is 23.9 Å². The van der Waals surface area contributed by atoms with Gasteiger partial charge in [-0.05, 0) is 0 Å². The van der Waals surface area contributed by atoms with Gasteiger partial charge in [-0.1, -0.05) is 0 Å². The van der Waals surface area contributed by atoms with Gasteiger partial charge in [-0.3, -0.25) is 19.2 Å². The third kappa shape index (κ3) is 5.78. The lowest BCUT2D eigenvalue weighted by molar-refractivity contribution is -0.267. The van der Waals surface area contributed by atoms with Crippen molar-refractivity contribution in [2.24, 2.45) is 5.73 Å². The summed E-state index contributed by atoms with van der Waals surface area (Å²) in [7, 11) is 0. The van der Waals surface area contributed by atoms with E-state index in [2.05, 4.69) is 0 Å². The summed E-state index contributed by atoms with van der Waals surface area (Å²) >= 11 is 0. The molecule has 136 valence electrons. The van der Waals surface area contributed by atoms with E-state index >= 15 is 0 Å². The zero-order chi connectivity index (χ0) is 18.4. The monoisotopic (exact) mass is 347 g/mol. The largest absolute Gasteiger partial charge is 0.463 e. The Hall–Kier alpha value is -2.20. The van der Waals surface area contributed by atoms with Crippen LogP contribution in [0.25, 0.3) is 0 Å². The molecule has 1 aliphatic rings. The molecule has 0 aliphatic carbocycles. The van der Waals surface area contributed by atoms with Gasteiger partial charge >= 0.3 is 23.9 Å². The quantitative estimate of drug-likeness (QED) is 0.487. The minimum Gasteiger partial charge on any atom is -0.463 e. The number of hydrogen-bond donors (Lipinski definition) is 1. The summed E-state index contributed by atoms with van der Waals surface area (Å²) in [6, 6.07) is -1.10. The lowest BCUT2D eigenvalue weighted by atomic mass is 9.97. The number of carbonyl (C=O) groups excluding carboxylic acids is 4. The summed E-state index contributed by atoms with van der Waals surface area (Å²) in [5, 5.41) is 0. The fraction of sp³-hybridized carbons (Fsp3) is 0.714. The van der Waals surface area contributed by atoms with E-state index < -0.39 is 54.5 Å². The first-order valence-electron chi connectivity index (χ1n) is 7.18. The first kappa shape index (κ1) is 19.8. The molecule has 1 aliphatic heterocycles. The van der Waals surface area contributed by atoms with E-state index in [1.165, 1.54) is 6.92 Å². The van der Waals surface area contributed by atoms with Crippen molar-refractivity contribution in [3.8, 4) is 0 Å². The molecule has 1 saturated heterocycles. The van der Waals surface area contributed by atoms with Gasteiger partial charge in [-0.15, -0.1) is 0 Å². The molecule has 0 aromatic rings. The second-order valence-corrected chi connectivity index (χ2v) is 5.18. The lowest BCUT2D eigenvalue weighted by Gasteiger charge is -2.42. The second kappa shape index (κ2) is 8.60. The van der Waals surface area contributed by atoms with Gasteiger partial charge in [0.1, 0.15) is 18.8 Å². The molecule has 0 spiro atoms. The van der Waals surface area contributed by atoms with Crippen molar-refractivity contribution in [1.29, 1.82) is 0 Å². The Morgan fingerprint density at radius 2 is 1.33 bits per heavy atom. The minimum absolute atomic E-state index is 0.310. The minimum atomic E-state index is -1.26. The van der Waals surface area contributed by atoms with Crippen molar-refractivity contribution in [2.45, 2.75) is 58.3 Å². The Kier molecular flexibility index (Phi) is 7.11. The van der Waals surface area contributed by atoms with Crippen LogP contribution in [0.2, 0.25) is 0 Å². The Morgan fingerprint density at radius 3 is 1.79 bits per heavy atom. The molecule has 0 saturated carbocycles. The van der Waals surface area contributed by atoms with Crippen LogP contribution in [0.4, 0.5) is 0 Å². The lowest BCUT2D eigenvalue weighted by Crippen LogP contribution is -2.65. The van der Waals surface area contributed by atoms with Crippen LogP contribution < -0.4 is 5.73 Å². The molecule has 0 radical (unpaired) electrons. The van der Waals surface area contributed by atoms with E-state index in [-0.39, 0.29) is 6.61 Å². The number of hydrogen-bond acceptors (Lipinski definition) is 10. The molecular formula is C14H21NO9. The van der Waals surface area contributed by atoms with Crippen LogP contribution >= 0.6 is 0 Å². The van der Waals surface area contributed by atoms with Gasteiger partial charge in [0.2, 0.25) is 6.29 Å². The van der Waals surface area contributed by atoms with Gasteiger partial charge in [-0.2, -0.15) is 0 Å². The molecule has 0 aromatic heterocycles. The standard InChI is InChI=1S/C14H21NO9/c1-6(16)20-5-10-12(21-7(2)17)13(22-8(3)18)11(15)14(24-10)23-9(4)19/h10-14H,5,15H2,1-4H3/t10-,11-,12-,13-,14?/m1/s1. The third-order valence-electron chi connectivity index (χ3n) is 3.03. The summed E-state index contributed by atoms with van der Waals surface area (Å²) in [4.78, 5) is 44.9. The maximum absolute atomic E-state index is 11.3. The van der Waals surface area contributed by atoms with Crippen LogP contribution in [0, 0.1) is 0 Å². The predicted octanol–water partition coefficient (Wildman–Crippen LogP) is -0.972. The normalized spacial score (nSPS) is 29.3. The van der Waals surface area contributed by atoms with Gasteiger partial charge in [-0.25, -0.2) is 0 Å². The van der Waals surface area contributed by atoms with Gasteiger partial charge in [0.05, 0.1) is 0 Å². The zero-order valence-corrected chi connectivity index (χ0v) is 13.8. The van der Waals surface area contributed by atoms with Gasteiger partial charge in [0.25, 0.3) is 0 Å². The molecule has 0 aromatic carbocycles. The van der Waals surface area contributed by atoms with E-state index in [1.807, 2.05) is 0 Å². The van der Waals surface area contributed by atoms with Gasteiger partial charge in [0, 0.05) is 27.7 Å². The summed E-state index contributed by atoms with van der Waals surface area (Å²) in [5.74, 6) is -2.62. The highest BCUT2D eigenvalue weighted by Gasteiger charge is 2.50. The van der Waals surface area contributed by atoms with E-state index in [0.29, 0.717) is 0 Å². The van der Waals surface area contributed by atoms with Crippen LogP contribution in [-0.4, -0.2) is 61.1 Å². The maximum Gasteiger partial charge on any atom is 0.304 e. The topological polar surface area (TPSA) is 140 Å². The number of nitrogens with two attached hydrogens (primary N) is 1. The summed E-state index contributed by atoms with van der Waals surface area (Å²) in [5.41, 5.74) is 5.93. The summed E-state index contributed by atoms with van der Waals surface area (Å²) in [6.45, 7) is 4.32. The fourth-order valence-corrected chi connectivity index (χ4v) is 2.20. The Balaban J connectivity index is 3.08. The molecule has 2 N–H and O–H groups in total. The van der Waals surface area contributed by atoms with Crippen LogP contribution in [0.3, 0.4) is 0 Å². The third-order valence-corrected chi connectivity index (χ3v) is 3.03. The van der Waals surface area contributed by atoms with Crippen molar-refractivity contribution < 1.29 is 42.9 Å². The van der Waals surface area contributed by atoms with E-state index in [9.17, 15) is 19.2 Å². The average molecular weight is 347 g/mol. The molecule has 0 amide bonds. The van der Waals surface area contributed by atoms with E-state index in [4.69, 9.17) is 29.4 Å². The molecule has 24 heavy (non-hydrogen) atoms. The predicted molar refractivity (Wildman–Crippen MR) is 76.1 cm³/mol. The SMILES string of the molecule is CC(=O)OC[C@H]1OC(OC(C)=O)[C@H](N)[C@@H](OC(C)=O)[C@@H]1OC(C)=O. The summed E-state index contributed by atoms with van der Waals surface area (Å²) < 4.78 is 25.5. The molecule has 1 rings (SSSR count). The Bertz CT molecular complexity index is 490. The highest BCUT2D eigenvalue weighted by molar-refractivity contribution is 5.68. The van der Waals surface area contributed by atoms with Crippen molar-refractivity contribution in [1.82, 2.24) is 0 Å². The first-order valence-corrected chi connectivity index (χ1v) is 7.18. The maximum atomic E-state index is 11.3. The molecule has 10 heteroatoms. The highest BCUT2D eigenvalue weighted by atomic mass is 16.7. The van der Waals surface area contributed by atoms with Crippen LogP contribution in [0.5, 0.6) is 0 Å². The van der Waals surface area contributed by atoms with Crippen molar-refractivity contribution in [3.05, 3.63) is 0 Å². The molecule has 10 nitrogen and oxygen atoms in total. The molecular weight excluding hydrogens is 326 g/mol. The van der Waals surface area contributed by atoms with Gasteiger partial charge in [0.15, 0.2) is 12.2 Å². The van der Waals surface area contributed by atoms with E-state index in [0.717, 1.165) is 20.8 Å². The van der Waals surface area contributed by atoms with Crippen molar-refractivity contribution in [2.75, 3.05) is 6.61 Å². The first-order chi connectivity index (χ1) is 11.1. The average Bonchev–Trinajstić information content (AvgIpc) is 2.42. The number of carbonyl (C=O) groups is 4. The van der Waals surface area contributed by atoms with Crippen LogP contribution in [-0.2, 0) is 42.9 Å². The molecule has 1 fully saturated rings. The number of ether oxygens (including phenoxy) is 5. The van der Waals surface area contributed by atoms with Gasteiger partial charge < -0.3 is 29.4 Å². The zero-order valence-electron chi connectivity index (χ0n) is 13.8. The fourth-order valence-electron chi connectivity index (χ4n) is 2.20. The van der Waals surface area contributed by atoms with E-state index in [1.54, 1.807) is 0 Å². The van der Waals surface area contributed by atoms with Crippen LogP contribution in [0.1, 0.15) is 27.7 Å².